The molecule has 0 saturated heterocycles. The smallest absolute Gasteiger partial charge is 0.336 e. The van der Waals surface area contributed by atoms with E-state index in [2.05, 4.69) is 21.8 Å². The van der Waals surface area contributed by atoms with Crippen LogP contribution < -0.4 is 5.63 Å². The minimum absolute atomic E-state index is 0.0492. The van der Waals surface area contributed by atoms with E-state index in [4.69, 9.17) is 4.42 Å². The van der Waals surface area contributed by atoms with Crippen LogP contribution in [-0.2, 0) is 12.3 Å². The SMILES string of the molecule is C=CCn1c(SCc2cc(=O)oc3cc(O)ccc23)nnc1-c1ccncc1. The highest BCUT2D eigenvalue weighted by atomic mass is 32.2. The first kappa shape index (κ1) is 18.0. The molecule has 4 aromatic rings. The van der Waals surface area contributed by atoms with E-state index in [1.807, 2.05) is 16.7 Å². The number of allylic oxidation sites excluding steroid dienone is 1. The van der Waals surface area contributed by atoms with Crippen molar-refractivity contribution in [3.63, 3.8) is 0 Å². The lowest BCUT2D eigenvalue weighted by atomic mass is 10.1. The van der Waals surface area contributed by atoms with Crippen molar-refractivity contribution in [2.45, 2.75) is 17.5 Å². The zero-order chi connectivity index (χ0) is 19.5. The van der Waals surface area contributed by atoms with E-state index in [0.717, 1.165) is 22.3 Å². The summed E-state index contributed by atoms with van der Waals surface area (Å²) in [6, 6.07) is 9.95. The second-order valence-corrected chi connectivity index (χ2v) is 6.94. The number of thioether (sulfide) groups is 1. The molecule has 140 valence electrons. The van der Waals surface area contributed by atoms with Gasteiger partial charge in [-0.3, -0.25) is 9.55 Å². The molecule has 1 N–H and O–H groups in total. The Morgan fingerprint density at radius 1 is 1.18 bits per heavy atom. The molecule has 3 aromatic heterocycles. The summed E-state index contributed by atoms with van der Waals surface area (Å²) in [5.41, 5.74) is 1.61. The fourth-order valence-corrected chi connectivity index (χ4v) is 3.82. The van der Waals surface area contributed by atoms with Crippen molar-refractivity contribution in [1.82, 2.24) is 19.7 Å². The molecule has 0 amide bonds. The molecule has 1 aromatic carbocycles. The van der Waals surface area contributed by atoms with Crippen LogP contribution in [0, 0.1) is 0 Å². The van der Waals surface area contributed by atoms with Crippen molar-refractivity contribution in [2.24, 2.45) is 0 Å². The van der Waals surface area contributed by atoms with Crippen molar-refractivity contribution in [2.75, 3.05) is 0 Å². The van der Waals surface area contributed by atoms with Gasteiger partial charge in [0.25, 0.3) is 0 Å². The maximum atomic E-state index is 11.9. The van der Waals surface area contributed by atoms with Crippen LogP contribution in [0.3, 0.4) is 0 Å². The summed E-state index contributed by atoms with van der Waals surface area (Å²) in [7, 11) is 0. The first-order valence-corrected chi connectivity index (χ1v) is 9.47. The molecule has 0 aliphatic rings. The third-order valence-electron chi connectivity index (χ3n) is 4.14. The number of aromatic nitrogens is 4. The number of rotatable bonds is 6. The second-order valence-electron chi connectivity index (χ2n) is 6.00. The van der Waals surface area contributed by atoms with Crippen LogP contribution in [0.5, 0.6) is 5.75 Å². The number of nitrogens with zero attached hydrogens (tertiary/aromatic N) is 4. The van der Waals surface area contributed by atoms with E-state index in [1.165, 1.54) is 23.9 Å². The average molecular weight is 392 g/mol. The molecule has 0 spiro atoms. The van der Waals surface area contributed by atoms with Crippen LogP contribution in [0.25, 0.3) is 22.4 Å². The Morgan fingerprint density at radius 2 is 2.00 bits per heavy atom. The first-order valence-electron chi connectivity index (χ1n) is 8.49. The van der Waals surface area contributed by atoms with Gasteiger partial charge in [-0.25, -0.2) is 4.79 Å². The molecule has 8 heteroatoms. The van der Waals surface area contributed by atoms with Crippen LogP contribution in [0.4, 0.5) is 0 Å². The van der Waals surface area contributed by atoms with Crippen molar-refractivity contribution in [1.29, 1.82) is 0 Å². The van der Waals surface area contributed by atoms with Gasteiger partial charge in [0.15, 0.2) is 11.0 Å². The van der Waals surface area contributed by atoms with Crippen molar-refractivity contribution < 1.29 is 9.52 Å². The average Bonchev–Trinajstić information content (AvgIpc) is 3.09. The van der Waals surface area contributed by atoms with Gasteiger partial charge in [-0.1, -0.05) is 17.8 Å². The van der Waals surface area contributed by atoms with E-state index in [0.29, 0.717) is 23.0 Å². The fourth-order valence-electron chi connectivity index (χ4n) is 2.88. The molecule has 0 atom stereocenters. The van der Waals surface area contributed by atoms with Crippen LogP contribution in [0.1, 0.15) is 5.56 Å². The quantitative estimate of drug-likeness (QED) is 0.304. The summed E-state index contributed by atoms with van der Waals surface area (Å²) in [6.07, 6.45) is 5.20. The predicted molar refractivity (Wildman–Crippen MR) is 107 cm³/mol. The largest absolute Gasteiger partial charge is 0.508 e. The maximum absolute atomic E-state index is 11.9. The molecule has 28 heavy (non-hydrogen) atoms. The molecule has 7 nitrogen and oxygen atoms in total. The van der Waals surface area contributed by atoms with Gasteiger partial charge in [0.2, 0.25) is 0 Å². The Balaban J connectivity index is 1.68. The van der Waals surface area contributed by atoms with E-state index in [1.54, 1.807) is 30.6 Å². The summed E-state index contributed by atoms with van der Waals surface area (Å²) in [4.78, 5) is 15.9. The Hall–Kier alpha value is -3.39. The highest BCUT2D eigenvalue weighted by Gasteiger charge is 2.15. The van der Waals surface area contributed by atoms with Gasteiger partial charge in [-0.2, -0.15) is 0 Å². The Bertz CT molecular complexity index is 1200. The van der Waals surface area contributed by atoms with Gasteiger partial charge < -0.3 is 9.52 Å². The Morgan fingerprint density at radius 3 is 2.79 bits per heavy atom. The Kier molecular flexibility index (Phi) is 4.94. The molecule has 0 saturated carbocycles. The monoisotopic (exact) mass is 392 g/mol. The molecule has 3 heterocycles. The number of aromatic hydroxyl groups is 1. The molecule has 0 fully saturated rings. The van der Waals surface area contributed by atoms with Gasteiger partial charge in [-0.15, -0.1) is 16.8 Å². The molecule has 0 unspecified atom stereocenters. The third kappa shape index (κ3) is 3.54. The van der Waals surface area contributed by atoms with Gasteiger partial charge in [0.1, 0.15) is 11.3 Å². The van der Waals surface area contributed by atoms with E-state index < -0.39 is 5.63 Å². The number of hydrogen-bond donors (Lipinski definition) is 1. The van der Waals surface area contributed by atoms with Crippen LogP contribution in [0.15, 0.2) is 75.8 Å². The number of phenols is 1. The summed E-state index contributed by atoms with van der Waals surface area (Å²) in [6.45, 7) is 4.37. The van der Waals surface area contributed by atoms with E-state index in [-0.39, 0.29) is 5.75 Å². The summed E-state index contributed by atoms with van der Waals surface area (Å²) < 4.78 is 7.15. The van der Waals surface area contributed by atoms with E-state index >= 15 is 0 Å². The van der Waals surface area contributed by atoms with Crippen molar-refractivity contribution in [3.8, 4) is 17.1 Å². The Labute approximate surface area is 164 Å². The zero-order valence-electron chi connectivity index (χ0n) is 14.8. The summed E-state index contributed by atoms with van der Waals surface area (Å²) >= 11 is 1.47. The lowest BCUT2D eigenvalue weighted by molar-refractivity contribution is 0.473. The standard InChI is InChI=1S/C20H16N4O3S/c1-2-9-24-19(13-5-7-21-8-6-13)22-23-20(24)28-12-14-10-18(26)27-17-11-15(25)3-4-16(14)17/h2-8,10-11,25H,1,9,12H2. The van der Waals surface area contributed by atoms with Crippen LogP contribution in [-0.4, -0.2) is 24.9 Å². The van der Waals surface area contributed by atoms with Crippen LogP contribution in [0.2, 0.25) is 0 Å². The highest BCUT2D eigenvalue weighted by molar-refractivity contribution is 7.98. The normalized spacial score (nSPS) is 11.0. The predicted octanol–water partition coefficient (Wildman–Crippen LogP) is 3.63. The molecular weight excluding hydrogens is 376 g/mol. The van der Waals surface area contributed by atoms with Gasteiger partial charge in [0, 0.05) is 47.8 Å². The van der Waals surface area contributed by atoms with Crippen molar-refractivity contribution >= 4 is 22.7 Å². The van der Waals surface area contributed by atoms with Crippen LogP contribution >= 0.6 is 11.8 Å². The lowest BCUT2D eigenvalue weighted by Gasteiger charge is -2.08. The number of pyridine rings is 1. The molecule has 4 rings (SSSR count). The number of fused-ring (bicyclic) bond motifs is 1. The minimum Gasteiger partial charge on any atom is -0.508 e. The fraction of sp³-hybridized carbons (Fsp3) is 0.100. The molecule has 0 bridgehead atoms. The molecular formula is C20H16N4O3S. The first-order chi connectivity index (χ1) is 13.7. The topological polar surface area (TPSA) is 94.0 Å². The zero-order valence-corrected chi connectivity index (χ0v) is 15.6. The van der Waals surface area contributed by atoms with Gasteiger partial charge in [-0.05, 0) is 29.8 Å². The number of benzene rings is 1. The van der Waals surface area contributed by atoms with Crippen molar-refractivity contribution in [3.05, 3.63) is 77.4 Å². The minimum atomic E-state index is -0.460. The van der Waals surface area contributed by atoms with Gasteiger partial charge in [0.05, 0.1) is 0 Å². The number of phenolic OH excluding ortho intramolecular Hbond substituents is 1. The molecule has 0 aliphatic carbocycles. The second kappa shape index (κ2) is 7.69. The highest BCUT2D eigenvalue weighted by Crippen LogP contribution is 2.29. The summed E-state index contributed by atoms with van der Waals surface area (Å²) in [5, 5.41) is 19.7. The van der Waals surface area contributed by atoms with Gasteiger partial charge >= 0.3 is 5.63 Å². The van der Waals surface area contributed by atoms with E-state index in [9.17, 15) is 9.90 Å². The molecule has 0 radical (unpaired) electrons. The third-order valence-corrected chi connectivity index (χ3v) is 5.15. The molecule has 0 aliphatic heterocycles. The number of hydrogen-bond acceptors (Lipinski definition) is 7. The lowest BCUT2D eigenvalue weighted by Crippen LogP contribution is -2.02. The summed E-state index contributed by atoms with van der Waals surface area (Å²) in [5.74, 6) is 1.28. The maximum Gasteiger partial charge on any atom is 0.336 e.